The molecule has 14 heavy (non-hydrogen) atoms. The SMILES string of the molecule is c1c[nH]c(SCCC2CCCCN2)n1. The number of piperidine rings is 1. The Kier molecular flexibility index (Phi) is 3.89. The Hall–Kier alpha value is -0.480. The summed E-state index contributed by atoms with van der Waals surface area (Å²) in [6.45, 7) is 1.20. The van der Waals surface area contributed by atoms with E-state index in [9.17, 15) is 0 Å². The van der Waals surface area contributed by atoms with Gasteiger partial charge in [0.1, 0.15) is 0 Å². The van der Waals surface area contributed by atoms with Crippen molar-refractivity contribution in [2.45, 2.75) is 36.9 Å². The van der Waals surface area contributed by atoms with Crippen molar-refractivity contribution in [2.24, 2.45) is 0 Å². The molecule has 1 unspecified atom stereocenters. The molecule has 1 saturated heterocycles. The van der Waals surface area contributed by atoms with Crippen LogP contribution in [0.1, 0.15) is 25.7 Å². The second kappa shape index (κ2) is 5.41. The van der Waals surface area contributed by atoms with E-state index in [0.29, 0.717) is 0 Å². The number of aromatic amines is 1. The average Bonchev–Trinajstić information content (AvgIpc) is 2.72. The summed E-state index contributed by atoms with van der Waals surface area (Å²) in [4.78, 5) is 7.29. The molecule has 78 valence electrons. The zero-order valence-corrected chi connectivity index (χ0v) is 9.15. The maximum Gasteiger partial charge on any atom is 0.165 e. The first kappa shape index (κ1) is 10.1. The van der Waals surface area contributed by atoms with Gasteiger partial charge in [0.25, 0.3) is 0 Å². The van der Waals surface area contributed by atoms with E-state index >= 15 is 0 Å². The van der Waals surface area contributed by atoms with Crippen molar-refractivity contribution >= 4 is 11.8 Å². The lowest BCUT2D eigenvalue weighted by atomic mass is 10.0. The normalized spacial score (nSPS) is 22.4. The van der Waals surface area contributed by atoms with Crippen LogP contribution in [0.3, 0.4) is 0 Å². The standard InChI is InChI=1S/C10H17N3S/c1-2-5-11-9(3-1)4-8-14-10-12-6-7-13-10/h6-7,9,11H,1-5,8H2,(H,12,13). The zero-order valence-electron chi connectivity index (χ0n) is 8.33. The summed E-state index contributed by atoms with van der Waals surface area (Å²) in [6, 6.07) is 0.742. The van der Waals surface area contributed by atoms with Crippen molar-refractivity contribution in [3.63, 3.8) is 0 Å². The molecule has 0 spiro atoms. The van der Waals surface area contributed by atoms with Crippen LogP contribution in [0.25, 0.3) is 0 Å². The number of aromatic nitrogens is 2. The van der Waals surface area contributed by atoms with E-state index in [1.165, 1.54) is 32.2 Å². The van der Waals surface area contributed by atoms with Crippen LogP contribution < -0.4 is 5.32 Å². The van der Waals surface area contributed by atoms with Gasteiger partial charge in [-0.25, -0.2) is 4.98 Å². The van der Waals surface area contributed by atoms with Gasteiger partial charge in [-0.1, -0.05) is 18.2 Å². The lowest BCUT2D eigenvalue weighted by molar-refractivity contribution is 0.394. The second-order valence-electron chi connectivity index (χ2n) is 3.68. The first-order chi connectivity index (χ1) is 6.95. The Morgan fingerprint density at radius 3 is 3.21 bits per heavy atom. The summed E-state index contributed by atoms with van der Waals surface area (Å²) in [5.74, 6) is 1.16. The lowest BCUT2D eigenvalue weighted by Crippen LogP contribution is -2.34. The van der Waals surface area contributed by atoms with Crippen LogP contribution in [0.2, 0.25) is 0 Å². The topological polar surface area (TPSA) is 40.7 Å². The molecular weight excluding hydrogens is 194 g/mol. The Labute approximate surface area is 89.1 Å². The number of H-pyrrole nitrogens is 1. The molecule has 1 aromatic rings. The fourth-order valence-corrected chi connectivity index (χ4v) is 2.68. The molecule has 0 aliphatic carbocycles. The van der Waals surface area contributed by atoms with Gasteiger partial charge < -0.3 is 10.3 Å². The number of thioether (sulfide) groups is 1. The largest absolute Gasteiger partial charge is 0.340 e. The Balaban J connectivity index is 1.62. The summed E-state index contributed by atoms with van der Waals surface area (Å²) >= 11 is 1.81. The molecule has 1 aliphatic rings. The Morgan fingerprint density at radius 2 is 2.50 bits per heavy atom. The van der Waals surface area contributed by atoms with Crippen molar-refractivity contribution < 1.29 is 0 Å². The number of imidazole rings is 1. The fraction of sp³-hybridized carbons (Fsp3) is 0.700. The van der Waals surface area contributed by atoms with Crippen molar-refractivity contribution in [2.75, 3.05) is 12.3 Å². The maximum atomic E-state index is 4.19. The number of nitrogens with one attached hydrogen (secondary N) is 2. The van der Waals surface area contributed by atoms with E-state index < -0.39 is 0 Å². The minimum atomic E-state index is 0.742. The fourth-order valence-electron chi connectivity index (χ4n) is 1.80. The van der Waals surface area contributed by atoms with E-state index in [4.69, 9.17) is 0 Å². The van der Waals surface area contributed by atoms with Crippen molar-refractivity contribution in [3.05, 3.63) is 12.4 Å². The summed E-state index contributed by atoms with van der Waals surface area (Å²) < 4.78 is 0. The van der Waals surface area contributed by atoms with Crippen LogP contribution in [-0.4, -0.2) is 28.3 Å². The van der Waals surface area contributed by atoms with Crippen LogP contribution in [-0.2, 0) is 0 Å². The molecule has 1 fully saturated rings. The molecule has 0 bridgehead atoms. The number of nitrogens with zero attached hydrogens (tertiary/aromatic N) is 1. The molecule has 2 N–H and O–H groups in total. The first-order valence-corrected chi connectivity index (χ1v) is 6.29. The van der Waals surface area contributed by atoms with Crippen LogP contribution in [0.5, 0.6) is 0 Å². The zero-order chi connectivity index (χ0) is 9.64. The Morgan fingerprint density at radius 1 is 1.50 bits per heavy atom. The molecule has 0 aromatic carbocycles. The lowest BCUT2D eigenvalue weighted by Gasteiger charge is -2.22. The van der Waals surface area contributed by atoms with Crippen LogP contribution >= 0.6 is 11.8 Å². The van der Waals surface area contributed by atoms with E-state index in [-0.39, 0.29) is 0 Å². The van der Waals surface area contributed by atoms with E-state index in [2.05, 4.69) is 15.3 Å². The monoisotopic (exact) mass is 211 g/mol. The van der Waals surface area contributed by atoms with Gasteiger partial charge in [-0.05, 0) is 25.8 Å². The van der Waals surface area contributed by atoms with Gasteiger partial charge in [0.05, 0.1) is 0 Å². The van der Waals surface area contributed by atoms with Crippen molar-refractivity contribution in [3.8, 4) is 0 Å². The van der Waals surface area contributed by atoms with Crippen molar-refractivity contribution in [1.82, 2.24) is 15.3 Å². The highest BCUT2D eigenvalue weighted by molar-refractivity contribution is 7.99. The van der Waals surface area contributed by atoms with E-state index in [1.807, 2.05) is 18.0 Å². The molecule has 1 aromatic heterocycles. The third kappa shape index (κ3) is 3.03. The van der Waals surface area contributed by atoms with Crippen LogP contribution in [0, 0.1) is 0 Å². The summed E-state index contributed by atoms with van der Waals surface area (Å²) in [5, 5.41) is 4.60. The van der Waals surface area contributed by atoms with E-state index in [1.54, 1.807) is 6.20 Å². The van der Waals surface area contributed by atoms with Gasteiger partial charge >= 0.3 is 0 Å². The Bertz CT molecular complexity index is 242. The van der Waals surface area contributed by atoms with Gasteiger partial charge in [-0.2, -0.15) is 0 Å². The highest BCUT2D eigenvalue weighted by Gasteiger charge is 2.11. The molecule has 0 saturated carbocycles. The van der Waals surface area contributed by atoms with Crippen LogP contribution in [0.15, 0.2) is 17.6 Å². The number of hydrogen-bond acceptors (Lipinski definition) is 3. The van der Waals surface area contributed by atoms with Gasteiger partial charge in [-0.3, -0.25) is 0 Å². The maximum absolute atomic E-state index is 4.19. The average molecular weight is 211 g/mol. The minimum absolute atomic E-state index is 0.742. The summed E-state index contributed by atoms with van der Waals surface area (Å²) in [7, 11) is 0. The molecule has 2 rings (SSSR count). The van der Waals surface area contributed by atoms with E-state index in [0.717, 1.165) is 17.0 Å². The summed E-state index contributed by atoms with van der Waals surface area (Å²) in [5.41, 5.74) is 0. The summed E-state index contributed by atoms with van der Waals surface area (Å²) in [6.07, 6.45) is 9.03. The second-order valence-corrected chi connectivity index (χ2v) is 4.76. The third-order valence-electron chi connectivity index (χ3n) is 2.59. The molecule has 0 radical (unpaired) electrons. The molecular formula is C10H17N3S. The highest BCUT2D eigenvalue weighted by atomic mass is 32.2. The molecule has 2 heterocycles. The van der Waals surface area contributed by atoms with Crippen molar-refractivity contribution in [1.29, 1.82) is 0 Å². The van der Waals surface area contributed by atoms with Gasteiger partial charge in [-0.15, -0.1) is 0 Å². The predicted octanol–water partition coefficient (Wildman–Crippen LogP) is 2.03. The quantitative estimate of drug-likeness (QED) is 0.749. The molecule has 1 atom stereocenters. The third-order valence-corrected chi connectivity index (χ3v) is 3.53. The smallest absolute Gasteiger partial charge is 0.165 e. The minimum Gasteiger partial charge on any atom is -0.340 e. The first-order valence-electron chi connectivity index (χ1n) is 5.31. The number of rotatable bonds is 4. The van der Waals surface area contributed by atoms with Crippen LogP contribution in [0.4, 0.5) is 0 Å². The predicted molar refractivity (Wildman–Crippen MR) is 59.6 cm³/mol. The number of hydrogen-bond donors (Lipinski definition) is 2. The highest BCUT2D eigenvalue weighted by Crippen LogP contribution is 2.17. The molecule has 0 amide bonds. The molecule has 4 heteroatoms. The molecule has 1 aliphatic heterocycles. The molecule has 3 nitrogen and oxygen atoms in total. The van der Waals surface area contributed by atoms with Gasteiger partial charge in [0, 0.05) is 24.2 Å². The van der Waals surface area contributed by atoms with Gasteiger partial charge in [0.2, 0.25) is 0 Å². The van der Waals surface area contributed by atoms with Gasteiger partial charge in [0.15, 0.2) is 5.16 Å².